The molecule has 0 aromatic carbocycles. The number of rotatable bonds is 34. The molecule has 50 heavy (non-hydrogen) atoms. The molecule has 294 valence electrons. The summed E-state index contributed by atoms with van der Waals surface area (Å²) >= 11 is 0. The predicted molar refractivity (Wildman–Crippen MR) is 211 cm³/mol. The second-order valence-electron chi connectivity index (χ2n) is 13.6. The number of esters is 1. The zero-order valence-electron chi connectivity index (χ0n) is 32.2. The second-order valence-corrected chi connectivity index (χ2v) is 13.6. The molecule has 2 atom stereocenters. The van der Waals surface area contributed by atoms with Crippen LogP contribution in [0.4, 0.5) is 0 Å². The molecule has 0 aliphatic carbocycles. The van der Waals surface area contributed by atoms with Gasteiger partial charge in [-0.3, -0.25) is 4.79 Å². The van der Waals surface area contributed by atoms with E-state index in [4.69, 9.17) is 10.2 Å². The number of allylic oxidation sites excluding steroid dienone is 4. The summed E-state index contributed by atoms with van der Waals surface area (Å²) in [7, 11) is 1.46. The van der Waals surface area contributed by atoms with E-state index in [0.717, 1.165) is 70.6 Å². The molecule has 0 aliphatic heterocycles. The molecule has 0 radical (unpaired) electrons. The molecule has 0 spiro atoms. The molecule has 0 aromatic heterocycles. The maximum absolute atomic E-state index is 10.9. The number of unbranched alkanes of at least 4 members (excludes halogenated alkanes) is 22. The van der Waals surface area contributed by atoms with Gasteiger partial charge in [-0.1, -0.05) is 142 Å². The van der Waals surface area contributed by atoms with Gasteiger partial charge in [-0.15, -0.1) is 0 Å². The minimum absolute atomic E-state index is 0. The Morgan fingerprint density at radius 3 is 1.04 bits per heavy atom. The van der Waals surface area contributed by atoms with E-state index >= 15 is 0 Å². The molecule has 0 aromatic rings. The van der Waals surface area contributed by atoms with E-state index in [0.29, 0.717) is 6.42 Å². The largest absolute Gasteiger partial charge is 1.00 e. The third kappa shape index (κ3) is 59.5. The summed E-state index contributed by atoms with van der Waals surface area (Å²) in [5.74, 6) is -0.996. The molecule has 2 N–H and O–H groups in total. The Bertz CT molecular complexity index is 708. The third-order valence-corrected chi connectivity index (χ3v) is 8.55. The molecule has 7 heteroatoms. The predicted octanol–water partition coefficient (Wildman–Crippen LogP) is 8.75. The minimum atomic E-state index is -0.917. The van der Waals surface area contributed by atoms with Crippen LogP contribution in [0.2, 0.25) is 0 Å². The number of hydrogen-bond donors (Lipinski definition) is 2. The van der Waals surface area contributed by atoms with Crippen molar-refractivity contribution in [1.29, 1.82) is 0 Å². The normalized spacial score (nSPS) is 11.9. The number of carboxylic acid groups (broad SMARTS) is 1. The molecule has 0 saturated carbocycles. The molecule has 0 heterocycles. The van der Waals surface area contributed by atoms with Crippen molar-refractivity contribution in [3.63, 3.8) is 0 Å². The molecule has 0 fully saturated rings. The molecule has 0 aliphatic rings. The van der Waals surface area contributed by atoms with E-state index in [1.54, 1.807) is 0 Å². The Morgan fingerprint density at radius 2 is 0.760 bits per heavy atom. The van der Waals surface area contributed by atoms with Crippen LogP contribution in [-0.4, -0.2) is 41.5 Å². The van der Waals surface area contributed by atoms with Crippen LogP contribution in [0.5, 0.6) is 0 Å². The van der Waals surface area contributed by atoms with Gasteiger partial charge >= 0.3 is 35.5 Å². The van der Waals surface area contributed by atoms with E-state index < -0.39 is 5.97 Å². The monoisotopic (exact) mass is 721 g/mol. The molecule has 0 amide bonds. The third-order valence-electron chi connectivity index (χ3n) is 8.55. The number of aliphatic carboxylic acids is 1. The van der Waals surface area contributed by atoms with Crippen molar-refractivity contribution in [2.24, 2.45) is 0 Å². The second kappa shape index (κ2) is 50.4. The number of aliphatic hydroxyl groups is 2. The van der Waals surface area contributed by atoms with Crippen molar-refractivity contribution in [2.45, 2.75) is 234 Å². The van der Waals surface area contributed by atoms with Crippen molar-refractivity contribution in [3.05, 3.63) is 24.3 Å². The van der Waals surface area contributed by atoms with Gasteiger partial charge in [0.05, 0.1) is 19.3 Å². The molecule has 0 bridgehead atoms. The van der Waals surface area contributed by atoms with Gasteiger partial charge in [-0.2, -0.15) is 0 Å². The van der Waals surface area contributed by atoms with Crippen molar-refractivity contribution in [1.82, 2.24) is 0 Å². The number of hydrogen-bond acceptors (Lipinski definition) is 6. The Hall–Kier alpha value is -0.660. The quantitative estimate of drug-likeness (QED) is 0.0298. The SMILES string of the molecule is C.C.CC(O)CCC/C=C\CCCCCCCCCCCCC(=O)[O-].COC(=O)CCCCCCCCCCCC/C=C\CCCC(C)O.[Na+]. The van der Waals surface area contributed by atoms with E-state index in [1.807, 2.05) is 13.8 Å². The topological polar surface area (TPSA) is 107 Å². The maximum Gasteiger partial charge on any atom is 1.00 e. The van der Waals surface area contributed by atoms with Crippen molar-refractivity contribution in [2.75, 3.05) is 7.11 Å². The Morgan fingerprint density at radius 1 is 0.500 bits per heavy atom. The average molecular weight is 721 g/mol. The summed E-state index contributed by atoms with van der Waals surface area (Å²) in [5.41, 5.74) is 0. The smallest absolute Gasteiger partial charge is 0.550 e. The fourth-order valence-corrected chi connectivity index (χ4v) is 5.53. The first kappa shape index (κ1) is 58.6. The van der Waals surface area contributed by atoms with Crippen molar-refractivity contribution < 1.29 is 59.2 Å². The Labute approximate surface area is 334 Å². The Kier molecular flexibility index (Phi) is 59.2. The molecule has 0 saturated heterocycles. The van der Waals surface area contributed by atoms with Gasteiger partial charge in [-0.05, 0) is 97.3 Å². The molecule has 2 unspecified atom stereocenters. The zero-order chi connectivity index (χ0) is 35.1. The van der Waals surface area contributed by atoms with Gasteiger partial charge in [0.25, 0.3) is 0 Å². The van der Waals surface area contributed by atoms with Crippen LogP contribution in [0, 0.1) is 0 Å². The fraction of sp³-hybridized carbons (Fsp3) is 0.860. The van der Waals surface area contributed by atoms with Gasteiger partial charge in [-0.25, -0.2) is 0 Å². The summed E-state index contributed by atoms with van der Waals surface area (Å²) in [6, 6.07) is 0. The minimum Gasteiger partial charge on any atom is -0.550 e. The molecule has 0 rings (SSSR count). The summed E-state index contributed by atoms with van der Waals surface area (Å²) in [5, 5.41) is 28.5. The number of aliphatic hydroxyl groups excluding tert-OH is 2. The van der Waals surface area contributed by atoms with Gasteiger partial charge in [0.1, 0.15) is 0 Å². The standard InChI is InChI=1S/C21H40O3.C20H38O3.2CH4.Na/c1-20(22)18-16-14-12-10-8-6-4-3-5-7-9-11-13-15-17-19-21(23)24-2;1-19(21)17-15-13-11-9-7-5-3-2-4-6-8-10-12-14-16-18-20(22)23;;;/h10,12,20,22H,3-9,11,13-19H2,1-2H3;9,11,19,21H,2-8,10,12-18H2,1H3,(H,22,23);2*1H4;/q;;;;+1/p-1/b12-10-;11-9-;;;. The first-order chi connectivity index (χ1) is 22.8. The van der Waals surface area contributed by atoms with Crippen LogP contribution in [-0.2, 0) is 14.3 Å². The van der Waals surface area contributed by atoms with Crippen LogP contribution < -0.4 is 34.7 Å². The van der Waals surface area contributed by atoms with E-state index in [-0.39, 0.29) is 69.0 Å². The van der Waals surface area contributed by atoms with Gasteiger partial charge < -0.3 is 24.9 Å². The summed E-state index contributed by atoms with van der Waals surface area (Å²) in [6.07, 6.45) is 43.0. The van der Waals surface area contributed by atoms with Crippen molar-refractivity contribution in [3.8, 4) is 0 Å². The molecule has 6 nitrogen and oxygen atoms in total. The van der Waals surface area contributed by atoms with Gasteiger partial charge in [0.2, 0.25) is 0 Å². The Balaban J connectivity index is -0.000000255. The van der Waals surface area contributed by atoms with Crippen molar-refractivity contribution >= 4 is 11.9 Å². The number of methoxy groups -OCH3 is 1. The number of ether oxygens (including phenoxy) is 1. The summed E-state index contributed by atoms with van der Waals surface area (Å²) < 4.78 is 4.63. The average Bonchev–Trinajstić information content (AvgIpc) is 3.03. The fourth-order valence-electron chi connectivity index (χ4n) is 5.53. The number of carbonyl (C=O) groups excluding carboxylic acids is 2. The van der Waals surface area contributed by atoms with Crippen LogP contribution in [0.1, 0.15) is 221 Å². The van der Waals surface area contributed by atoms with Crippen LogP contribution in [0.25, 0.3) is 0 Å². The first-order valence-corrected chi connectivity index (χ1v) is 19.7. The van der Waals surface area contributed by atoms with E-state index in [1.165, 1.54) is 116 Å². The first-order valence-electron chi connectivity index (χ1n) is 19.7. The van der Waals surface area contributed by atoms with E-state index in [9.17, 15) is 14.7 Å². The van der Waals surface area contributed by atoms with E-state index in [2.05, 4.69) is 29.0 Å². The zero-order valence-corrected chi connectivity index (χ0v) is 34.2. The van der Waals surface area contributed by atoms with Crippen LogP contribution in [0.15, 0.2) is 24.3 Å². The van der Waals surface area contributed by atoms with Crippen LogP contribution in [0.3, 0.4) is 0 Å². The summed E-state index contributed by atoms with van der Waals surface area (Å²) in [4.78, 5) is 21.2. The van der Waals surface area contributed by atoms with Gasteiger partial charge in [0, 0.05) is 12.4 Å². The number of carboxylic acids is 1. The maximum atomic E-state index is 10.9. The molecular formula is C43H85NaO6. The van der Waals surface area contributed by atoms with Crippen LogP contribution >= 0.6 is 0 Å². The molecular weight excluding hydrogens is 635 g/mol. The number of carbonyl (C=O) groups is 2. The van der Waals surface area contributed by atoms with Gasteiger partial charge in [0.15, 0.2) is 0 Å². The summed E-state index contributed by atoms with van der Waals surface area (Å²) in [6.45, 7) is 3.70.